The molecule has 0 fully saturated rings. The number of benzene rings is 2. The van der Waals surface area contributed by atoms with E-state index in [0.29, 0.717) is 47.8 Å². The van der Waals surface area contributed by atoms with Crippen LogP contribution >= 0.6 is 0 Å². The molecule has 3 aromatic rings. The van der Waals surface area contributed by atoms with Gasteiger partial charge in [-0.3, -0.25) is 9.59 Å². The quantitative estimate of drug-likeness (QED) is 0.556. The summed E-state index contributed by atoms with van der Waals surface area (Å²) in [6.07, 6.45) is 0. The first-order valence-electron chi connectivity index (χ1n) is 10.6. The molecular formula is C25H27NO6. The maximum atomic E-state index is 13.6. The molecule has 1 unspecified atom stereocenters. The fraction of sp³-hybridized carbons (Fsp3) is 0.360. The van der Waals surface area contributed by atoms with Crippen molar-refractivity contribution in [3.8, 4) is 11.5 Å². The number of carbonyl (C=O) groups excluding carboxylic acids is 1. The molecule has 0 bridgehead atoms. The maximum absolute atomic E-state index is 13.6. The molecule has 168 valence electrons. The van der Waals surface area contributed by atoms with Crippen LogP contribution in [0.1, 0.15) is 45.8 Å². The van der Waals surface area contributed by atoms with Crippen molar-refractivity contribution >= 4 is 16.9 Å². The van der Waals surface area contributed by atoms with Crippen LogP contribution in [0, 0.1) is 13.8 Å². The summed E-state index contributed by atoms with van der Waals surface area (Å²) >= 11 is 0. The van der Waals surface area contributed by atoms with Gasteiger partial charge in [0.15, 0.2) is 16.9 Å². The summed E-state index contributed by atoms with van der Waals surface area (Å²) in [6, 6.07) is 8.48. The Morgan fingerprint density at radius 2 is 1.78 bits per heavy atom. The number of rotatable bonds is 7. The van der Waals surface area contributed by atoms with E-state index in [9.17, 15) is 9.59 Å². The number of amides is 1. The van der Waals surface area contributed by atoms with Gasteiger partial charge >= 0.3 is 0 Å². The second-order valence-electron chi connectivity index (χ2n) is 7.84. The maximum Gasteiger partial charge on any atom is 0.290 e. The molecule has 0 spiro atoms. The monoisotopic (exact) mass is 437 g/mol. The minimum absolute atomic E-state index is 0.0831. The van der Waals surface area contributed by atoms with Crippen molar-refractivity contribution in [2.24, 2.45) is 0 Å². The molecule has 1 atom stereocenters. The van der Waals surface area contributed by atoms with Gasteiger partial charge in [0.25, 0.3) is 5.91 Å². The summed E-state index contributed by atoms with van der Waals surface area (Å²) in [5.41, 5.74) is 3.29. The topological polar surface area (TPSA) is 78.2 Å². The van der Waals surface area contributed by atoms with E-state index in [4.69, 9.17) is 18.6 Å². The summed E-state index contributed by atoms with van der Waals surface area (Å²) in [7, 11) is 3.14. The molecule has 1 amide bonds. The SMILES string of the molecule is CCOc1ccc(C2c3c(oc4cc(C)c(C)cc4c3=O)C(=O)N2CCOC)cc1OC. The minimum atomic E-state index is -0.612. The molecule has 2 aromatic carbocycles. The predicted molar refractivity (Wildman–Crippen MR) is 121 cm³/mol. The smallest absolute Gasteiger partial charge is 0.290 e. The standard InChI is InChI=1S/C25H27NO6/c1-6-31-18-8-7-16(13-20(18)30-5)22-21-23(27)17-11-14(2)15(3)12-19(17)32-24(21)25(28)26(22)9-10-29-4/h7-8,11-13,22H,6,9-10H2,1-5H3. The molecule has 0 saturated heterocycles. The average molecular weight is 437 g/mol. The summed E-state index contributed by atoms with van der Waals surface area (Å²) in [5, 5.41) is 0.469. The Hall–Kier alpha value is -3.32. The molecule has 0 N–H and O–H groups in total. The Balaban J connectivity index is 1.95. The minimum Gasteiger partial charge on any atom is -0.493 e. The molecular weight excluding hydrogens is 410 g/mol. The number of fused-ring (bicyclic) bond motifs is 2. The zero-order valence-corrected chi connectivity index (χ0v) is 19.0. The van der Waals surface area contributed by atoms with Crippen LogP contribution in [0.3, 0.4) is 0 Å². The molecule has 0 radical (unpaired) electrons. The number of carbonyl (C=O) groups is 1. The van der Waals surface area contributed by atoms with E-state index in [1.807, 2.05) is 45.0 Å². The van der Waals surface area contributed by atoms with E-state index in [1.54, 1.807) is 25.2 Å². The average Bonchev–Trinajstić information content (AvgIpc) is 3.06. The summed E-state index contributed by atoms with van der Waals surface area (Å²) < 4.78 is 22.4. The Morgan fingerprint density at radius 1 is 1.03 bits per heavy atom. The Kier molecular flexibility index (Phi) is 5.93. The molecule has 0 saturated carbocycles. The van der Waals surface area contributed by atoms with Crippen LogP contribution in [0.5, 0.6) is 11.5 Å². The van der Waals surface area contributed by atoms with E-state index in [1.165, 1.54) is 0 Å². The highest BCUT2D eigenvalue weighted by Crippen LogP contribution is 2.41. The fourth-order valence-corrected chi connectivity index (χ4v) is 4.17. The van der Waals surface area contributed by atoms with E-state index in [2.05, 4.69) is 0 Å². The van der Waals surface area contributed by atoms with Gasteiger partial charge < -0.3 is 23.5 Å². The lowest BCUT2D eigenvalue weighted by Gasteiger charge is -2.25. The van der Waals surface area contributed by atoms with E-state index in [0.717, 1.165) is 16.7 Å². The molecule has 4 rings (SSSR count). The van der Waals surface area contributed by atoms with Crippen molar-refractivity contribution in [2.75, 3.05) is 34.0 Å². The number of hydrogen-bond acceptors (Lipinski definition) is 6. The second kappa shape index (κ2) is 8.67. The molecule has 1 aliphatic rings. The zero-order valence-electron chi connectivity index (χ0n) is 19.0. The van der Waals surface area contributed by atoms with E-state index in [-0.39, 0.29) is 17.1 Å². The van der Waals surface area contributed by atoms with Crippen molar-refractivity contribution in [1.29, 1.82) is 0 Å². The summed E-state index contributed by atoms with van der Waals surface area (Å²) in [5.74, 6) is 0.892. The van der Waals surface area contributed by atoms with Crippen LogP contribution in [0.15, 0.2) is 39.5 Å². The van der Waals surface area contributed by atoms with Gasteiger partial charge in [-0.25, -0.2) is 0 Å². The molecule has 2 heterocycles. The van der Waals surface area contributed by atoms with Crippen LogP contribution in [0.4, 0.5) is 0 Å². The lowest BCUT2D eigenvalue weighted by Crippen LogP contribution is -2.32. The van der Waals surface area contributed by atoms with Gasteiger partial charge in [-0.15, -0.1) is 0 Å². The Bertz CT molecular complexity index is 1250. The van der Waals surface area contributed by atoms with Crippen LogP contribution in [-0.2, 0) is 4.74 Å². The van der Waals surface area contributed by atoms with Crippen LogP contribution in [-0.4, -0.2) is 44.8 Å². The normalized spacial score (nSPS) is 15.3. The lowest BCUT2D eigenvalue weighted by molar-refractivity contribution is 0.0663. The van der Waals surface area contributed by atoms with Crippen molar-refractivity contribution in [3.05, 3.63) is 68.6 Å². The van der Waals surface area contributed by atoms with Crippen molar-refractivity contribution in [2.45, 2.75) is 26.8 Å². The highest BCUT2D eigenvalue weighted by molar-refractivity contribution is 5.99. The van der Waals surface area contributed by atoms with E-state index >= 15 is 0 Å². The Labute approximate surface area is 186 Å². The van der Waals surface area contributed by atoms with Gasteiger partial charge in [0.2, 0.25) is 5.76 Å². The van der Waals surface area contributed by atoms with Gasteiger partial charge in [-0.1, -0.05) is 6.07 Å². The fourth-order valence-electron chi connectivity index (χ4n) is 4.17. The predicted octanol–water partition coefficient (Wildman–Crippen LogP) is 4.01. The number of nitrogens with zero attached hydrogens (tertiary/aromatic N) is 1. The van der Waals surface area contributed by atoms with Crippen molar-refractivity contribution in [1.82, 2.24) is 4.90 Å². The molecule has 1 aromatic heterocycles. The van der Waals surface area contributed by atoms with Gasteiger partial charge in [0, 0.05) is 13.7 Å². The van der Waals surface area contributed by atoms with Gasteiger partial charge in [0.05, 0.1) is 37.3 Å². The van der Waals surface area contributed by atoms with E-state index < -0.39 is 6.04 Å². The third-order valence-corrected chi connectivity index (χ3v) is 5.92. The van der Waals surface area contributed by atoms with Crippen LogP contribution in [0.2, 0.25) is 0 Å². The van der Waals surface area contributed by atoms with Gasteiger partial charge in [-0.05, 0) is 61.7 Å². The first kappa shape index (κ1) is 21.9. The molecule has 7 nitrogen and oxygen atoms in total. The van der Waals surface area contributed by atoms with Gasteiger partial charge in [0.1, 0.15) is 5.58 Å². The Morgan fingerprint density at radius 3 is 2.47 bits per heavy atom. The highest BCUT2D eigenvalue weighted by Gasteiger charge is 2.42. The molecule has 0 aliphatic carbocycles. The number of hydrogen-bond donors (Lipinski definition) is 0. The number of aryl methyl sites for hydroxylation is 2. The summed E-state index contributed by atoms with van der Waals surface area (Å²) in [6.45, 7) is 6.93. The molecule has 1 aliphatic heterocycles. The third-order valence-electron chi connectivity index (χ3n) is 5.92. The van der Waals surface area contributed by atoms with Crippen LogP contribution < -0.4 is 14.9 Å². The third kappa shape index (κ3) is 3.52. The second-order valence-corrected chi connectivity index (χ2v) is 7.84. The number of ether oxygens (including phenoxy) is 3. The first-order valence-corrected chi connectivity index (χ1v) is 10.6. The molecule has 32 heavy (non-hydrogen) atoms. The lowest BCUT2D eigenvalue weighted by atomic mass is 9.97. The largest absolute Gasteiger partial charge is 0.493 e. The van der Waals surface area contributed by atoms with Gasteiger partial charge in [-0.2, -0.15) is 0 Å². The first-order chi connectivity index (χ1) is 15.4. The van der Waals surface area contributed by atoms with Crippen LogP contribution in [0.25, 0.3) is 11.0 Å². The molecule has 7 heteroatoms. The summed E-state index contributed by atoms with van der Waals surface area (Å²) in [4.78, 5) is 28.6. The van der Waals surface area contributed by atoms with Crippen molar-refractivity contribution < 1.29 is 23.4 Å². The highest BCUT2D eigenvalue weighted by atomic mass is 16.5. The van der Waals surface area contributed by atoms with Crippen molar-refractivity contribution in [3.63, 3.8) is 0 Å². The number of methoxy groups -OCH3 is 2. The zero-order chi connectivity index (χ0) is 23.0.